The second kappa shape index (κ2) is 8.09. The average Bonchev–Trinajstić information content (AvgIpc) is 2.73. The number of halogens is 1. The zero-order chi connectivity index (χ0) is 19.5. The van der Waals surface area contributed by atoms with Gasteiger partial charge < -0.3 is 4.74 Å². The van der Waals surface area contributed by atoms with Crippen LogP contribution in [0.5, 0.6) is 5.75 Å². The van der Waals surface area contributed by atoms with Gasteiger partial charge in [-0.2, -0.15) is 0 Å². The van der Waals surface area contributed by atoms with Gasteiger partial charge in [0.25, 0.3) is 5.56 Å². The van der Waals surface area contributed by atoms with Crippen molar-refractivity contribution >= 4 is 34.3 Å². The fourth-order valence-corrected chi connectivity index (χ4v) is 4.02. The van der Waals surface area contributed by atoms with Gasteiger partial charge in [0.2, 0.25) is 0 Å². The van der Waals surface area contributed by atoms with E-state index in [-0.39, 0.29) is 5.56 Å². The number of rotatable bonds is 5. The van der Waals surface area contributed by atoms with Gasteiger partial charge in [-0.3, -0.25) is 9.36 Å². The summed E-state index contributed by atoms with van der Waals surface area (Å²) in [5.74, 6) is 1.47. The van der Waals surface area contributed by atoms with Crippen molar-refractivity contribution < 1.29 is 4.74 Å². The van der Waals surface area contributed by atoms with Crippen LogP contribution in [0.4, 0.5) is 0 Å². The van der Waals surface area contributed by atoms with Crippen LogP contribution in [0, 0.1) is 0 Å². The topological polar surface area (TPSA) is 44.1 Å². The van der Waals surface area contributed by atoms with Crippen LogP contribution in [0.25, 0.3) is 16.6 Å². The van der Waals surface area contributed by atoms with Gasteiger partial charge in [0.05, 0.1) is 23.7 Å². The molecule has 0 aliphatic rings. The number of hydrogen-bond donors (Lipinski definition) is 0. The van der Waals surface area contributed by atoms with Crippen molar-refractivity contribution in [3.05, 3.63) is 93.7 Å². The molecule has 0 saturated carbocycles. The molecule has 1 heterocycles. The summed E-state index contributed by atoms with van der Waals surface area (Å²) in [7, 11) is 1.65. The molecule has 0 unspecified atom stereocenters. The predicted octanol–water partition coefficient (Wildman–Crippen LogP) is 5.34. The summed E-state index contributed by atoms with van der Waals surface area (Å²) in [6.07, 6.45) is 0. The second-order valence-corrected chi connectivity index (χ2v) is 7.55. The van der Waals surface area contributed by atoms with Gasteiger partial charge in [-0.25, -0.2) is 4.98 Å². The molecule has 0 atom stereocenters. The van der Waals surface area contributed by atoms with E-state index in [4.69, 9.17) is 21.3 Å². The summed E-state index contributed by atoms with van der Waals surface area (Å²) >= 11 is 7.53. The third-order valence-corrected chi connectivity index (χ3v) is 5.59. The number of ether oxygens (including phenoxy) is 1. The van der Waals surface area contributed by atoms with Crippen molar-refractivity contribution in [2.45, 2.75) is 10.9 Å². The van der Waals surface area contributed by atoms with Gasteiger partial charge in [0.15, 0.2) is 5.16 Å². The summed E-state index contributed by atoms with van der Waals surface area (Å²) < 4.78 is 6.94. The van der Waals surface area contributed by atoms with Crippen LogP contribution in [0.1, 0.15) is 5.56 Å². The lowest BCUT2D eigenvalue weighted by molar-refractivity contribution is 0.414. The van der Waals surface area contributed by atoms with Crippen molar-refractivity contribution in [1.82, 2.24) is 9.55 Å². The second-order valence-electron chi connectivity index (χ2n) is 6.17. The lowest BCUT2D eigenvalue weighted by Gasteiger charge is -2.13. The van der Waals surface area contributed by atoms with Crippen molar-refractivity contribution in [2.24, 2.45) is 0 Å². The van der Waals surface area contributed by atoms with Crippen LogP contribution in [0.2, 0.25) is 5.02 Å². The number of aromatic nitrogens is 2. The molecule has 4 nitrogen and oxygen atoms in total. The predicted molar refractivity (Wildman–Crippen MR) is 115 cm³/mol. The van der Waals surface area contributed by atoms with Crippen LogP contribution >= 0.6 is 23.4 Å². The Morgan fingerprint density at radius 2 is 1.82 bits per heavy atom. The number of methoxy groups -OCH3 is 1. The maximum absolute atomic E-state index is 13.2. The number of fused-ring (bicyclic) bond motifs is 1. The van der Waals surface area contributed by atoms with Crippen LogP contribution in [-0.4, -0.2) is 16.7 Å². The molecule has 3 aromatic carbocycles. The van der Waals surface area contributed by atoms with E-state index in [1.165, 1.54) is 11.8 Å². The Morgan fingerprint density at radius 1 is 1.04 bits per heavy atom. The Hall–Kier alpha value is -2.76. The van der Waals surface area contributed by atoms with Gasteiger partial charge in [-0.15, -0.1) is 0 Å². The monoisotopic (exact) mass is 408 g/mol. The zero-order valence-corrected chi connectivity index (χ0v) is 16.7. The van der Waals surface area contributed by atoms with Gasteiger partial charge in [-0.1, -0.05) is 47.6 Å². The number of para-hydroxylation sites is 1. The van der Waals surface area contributed by atoms with E-state index < -0.39 is 0 Å². The summed E-state index contributed by atoms with van der Waals surface area (Å²) in [6.45, 7) is 0. The lowest BCUT2D eigenvalue weighted by Crippen LogP contribution is -2.21. The molecule has 0 radical (unpaired) electrons. The normalized spacial score (nSPS) is 10.9. The molecule has 0 aliphatic carbocycles. The standard InChI is InChI=1S/C22H17ClN2O2S/c1-27-18-6-4-5-15(13-18)14-28-22-24-20-8-3-2-7-19(20)21(26)25(22)17-11-9-16(23)10-12-17/h2-13H,14H2,1H3. The van der Waals surface area contributed by atoms with E-state index in [1.54, 1.807) is 29.9 Å². The zero-order valence-electron chi connectivity index (χ0n) is 15.1. The van der Waals surface area contributed by atoms with Crippen LogP contribution in [0.3, 0.4) is 0 Å². The molecule has 0 saturated heterocycles. The molecule has 6 heteroatoms. The Bertz CT molecular complexity index is 1190. The van der Waals surface area contributed by atoms with E-state index in [9.17, 15) is 4.79 Å². The molecule has 4 rings (SSSR count). The number of thioether (sulfide) groups is 1. The smallest absolute Gasteiger partial charge is 0.266 e. The van der Waals surface area contributed by atoms with Crippen molar-refractivity contribution in [3.8, 4) is 11.4 Å². The molecule has 4 aromatic rings. The van der Waals surface area contributed by atoms with E-state index in [1.807, 2.05) is 54.6 Å². The third kappa shape index (κ3) is 3.77. The highest BCUT2D eigenvalue weighted by molar-refractivity contribution is 7.98. The van der Waals surface area contributed by atoms with Gasteiger partial charge in [0.1, 0.15) is 5.75 Å². The van der Waals surface area contributed by atoms with Crippen molar-refractivity contribution in [2.75, 3.05) is 7.11 Å². The van der Waals surface area contributed by atoms with E-state index in [2.05, 4.69) is 0 Å². The van der Waals surface area contributed by atoms with Crippen LogP contribution in [0.15, 0.2) is 82.7 Å². The van der Waals surface area contributed by atoms with Crippen LogP contribution < -0.4 is 10.3 Å². The third-order valence-electron chi connectivity index (χ3n) is 4.33. The highest BCUT2D eigenvalue weighted by Crippen LogP contribution is 2.26. The summed E-state index contributed by atoms with van der Waals surface area (Å²) in [6, 6.07) is 22.5. The van der Waals surface area contributed by atoms with Crippen molar-refractivity contribution in [3.63, 3.8) is 0 Å². The van der Waals surface area contributed by atoms with Gasteiger partial charge in [0, 0.05) is 10.8 Å². The minimum atomic E-state index is -0.0962. The Labute approximate surface area is 171 Å². The highest BCUT2D eigenvalue weighted by atomic mass is 35.5. The number of nitrogens with zero attached hydrogens (tertiary/aromatic N) is 2. The maximum atomic E-state index is 13.2. The first-order chi connectivity index (χ1) is 13.7. The maximum Gasteiger partial charge on any atom is 0.266 e. The molecule has 0 fully saturated rings. The molecule has 1 aromatic heterocycles. The molecular formula is C22H17ClN2O2S. The fraction of sp³-hybridized carbons (Fsp3) is 0.0909. The molecule has 140 valence electrons. The fourth-order valence-electron chi connectivity index (χ4n) is 2.94. The molecule has 0 bridgehead atoms. The Kier molecular flexibility index (Phi) is 5.37. The quantitative estimate of drug-likeness (QED) is 0.330. The minimum Gasteiger partial charge on any atom is -0.497 e. The van der Waals surface area contributed by atoms with Crippen molar-refractivity contribution in [1.29, 1.82) is 0 Å². The first-order valence-corrected chi connectivity index (χ1v) is 10.1. The van der Waals surface area contributed by atoms with Gasteiger partial charge >= 0.3 is 0 Å². The molecule has 0 amide bonds. The Balaban J connectivity index is 1.80. The summed E-state index contributed by atoms with van der Waals surface area (Å²) in [4.78, 5) is 18.0. The SMILES string of the molecule is COc1cccc(CSc2nc3ccccc3c(=O)n2-c2ccc(Cl)cc2)c1. The number of benzene rings is 3. The largest absolute Gasteiger partial charge is 0.497 e. The average molecular weight is 409 g/mol. The summed E-state index contributed by atoms with van der Waals surface area (Å²) in [5, 5.41) is 1.84. The molecule has 0 aliphatic heterocycles. The molecule has 0 N–H and O–H groups in total. The minimum absolute atomic E-state index is 0.0962. The molecule has 28 heavy (non-hydrogen) atoms. The van der Waals surface area contributed by atoms with Gasteiger partial charge in [-0.05, 0) is 54.1 Å². The Morgan fingerprint density at radius 3 is 2.61 bits per heavy atom. The van der Waals surface area contributed by atoms with E-state index in [0.29, 0.717) is 26.8 Å². The molecular weight excluding hydrogens is 392 g/mol. The first-order valence-electron chi connectivity index (χ1n) is 8.69. The van der Waals surface area contributed by atoms with E-state index >= 15 is 0 Å². The van der Waals surface area contributed by atoms with Crippen LogP contribution in [-0.2, 0) is 5.75 Å². The first kappa shape index (κ1) is 18.6. The molecule has 0 spiro atoms. The number of hydrogen-bond acceptors (Lipinski definition) is 4. The highest BCUT2D eigenvalue weighted by Gasteiger charge is 2.13. The van der Waals surface area contributed by atoms with E-state index in [0.717, 1.165) is 17.0 Å². The summed E-state index contributed by atoms with van der Waals surface area (Å²) in [5.41, 5.74) is 2.42. The lowest BCUT2D eigenvalue weighted by atomic mass is 10.2.